The van der Waals surface area contributed by atoms with Gasteiger partial charge in [0.25, 0.3) is 0 Å². The summed E-state index contributed by atoms with van der Waals surface area (Å²) in [5, 5.41) is 4.37. The van der Waals surface area contributed by atoms with Crippen LogP contribution < -0.4 is 0 Å². The summed E-state index contributed by atoms with van der Waals surface area (Å²) in [6, 6.07) is 47.9. The number of allylic oxidation sites excluding steroid dienone is 8. The van der Waals surface area contributed by atoms with Crippen LogP contribution in [0.2, 0.25) is 0 Å². The van der Waals surface area contributed by atoms with Crippen LogP contribution in [0.4, 0.5) is 0 Å². The van der Waals surface area contributed by atoms with E-state index in [0.717, 1.165) is 66.2 Å². The van der Waals surface area contributed by atoms with Crippen LogP contribution in [0.3, 0.4) is 0 Å². The van der Waals surface area contributed by atoms with E-state index in [1.54, 1.807) is 0 Å². The van der Waals surface area contributed by atoms with Crippen LogP contribution >= 0.6 is 0 Å². The number of furan rings is 2. The Bertz CT molecular complexity index is 3060. The van der Waals surface area contributed by atoms with Crippen molar-refractivity contribution >= 4 is 49.5 Å². The molecule has 0 saturated heterocycles. The van der Waals surface area contributed by atoms with E-state index in [2.05, 4.69) is 115 Å². The summed E-state index contributed by atoms with van der Waals surface area (Å²) in [6.07, 6.45) is 13.3. The van der Waals surface area contributed by atoms with Gasteiger partial charge in [-0.05, 0) is 52.6 Å². The van der Waals surface area contributed by atoms with Crippen LogP contribution in [0.25, 0.3) is 83.4 Å². The molecule has 0 fully saturated rings. The van der Waals surface area contributed by atoms with E-state index in [4.69, 9.17) is 23.8 Å². The Morgan fingerprint density at radius 3 is 2.06 bits per heavy atom. The zero-order valence-electron chi connectivity index (χ0n) is 29.1. The van der Waals surface area contributed by atoms with Gasteiger partial charge in [-0.1, -0.05) is 146 Å². The predicted molar refractivity (Wildman–Crippen MR) is 218 cm³/mol. The summed E-state index contributed by atoms with van der Waals surface area (Å²) in [5.74, 6) is 1.93. The lowest BCUT2D eigenvalue weighted by Gasteiger charge is -2.30. The van der Waals surface area contributed by atoms with Gasteiger partial charge in [0, 0.05) is 44.5 Å². The van der Waals surface area contributed by atoms with Crippen LogP contribution in [0.1, 0.15) is 17.3 Å². The standard InChI is InChI=1S/C49H31N3O2/c1-3-13-30(14-4-1)32-25-28-43-41(29-32)45-37(20-12-24-44(45)53-43)35-26-27-39(34-18-8-7-17-33(34)35)48-50-47(31-15-5-2-6-16-31)51-49(52-48)40-22-11-21-38-36-19-9-10-23-42(36)54-46(38)40/h1-29,33,35H. The number of rotatable bonds is 5. The Labute approximate surface area is 311 Å². The van der Waals surface area contributed by atoms with Gasteiger partial charge in [0.2, 0.25) is 0 Å². The van der Waals surface area contributed by atoms with Crippen LogP contribution in [-0.2, 0) is 0 Å². The third kappa shape index (κ3) is 4.90. The predicted octanol–water partition coefficient (Wildman–Crippen LogP) is 12.5. The zero-order valence-corrected chi connectivity index (χ0v) is 29.1. The number of benzene rings is 6. The molecule has 5 nitrogen and oxygen atoms in total. The van der Waals surface area contributed by atoms with Crippen molar-refractivity contribution in [3.63, 3.8) is 0 Å². The highest BCUT2D eigenvalue weighted by molar-refractivity contribution is 6.10. The summed E-state index contributed by atoms with van der Waals surface area (Å²) in [5.41, 5.74) is 10.9. The van der Waals surface area contributed by atoms with Gasteiger partial charge in [0.1, 0.15) is 22.3 Å². The van der Waals surface area contributed by atoms with Gasteiger partial charge in [-0.15, -0.1) is 0 Å². The molecule has 254 valence electrons. The van der Waals surface area contributed by atoms with Crippen molar-refractivity contribution in [2.24, 2.45) is 5.92 Å². The van der Waals surface area contributed by atoms with E-state index >= 15 is 0 Å². The van der Waals surface area contributed by atoms with Crippen LogP contribution in [-0.4, -0.2) is 15.0 Å². The molecule has 2 unspecified atom stereocenters. The lowest BCUT2D eigenvalue weighted by atomic mass is 9.73. The van der Waals surface area contributed by atoms with Crippen molar-refractivity contribution in [2.45, 2.75) is 5.92 Å². The number of nitrogens with zero attached hydrogens (tertiary/aromatic N) is 3. The third-order valence-electron chi connectivity index (χ3n) is 10.8. The van der Waals surface area contributed by atoms with E-state index in [1.807, 2.05) is 60.7 Å². The fourth-order valence-electron chi connectivity index (χ4n) is 8.26. The molecule has 3 heterocycles. The van der Waals surface area contributed by atoms with Crippen LogP contribution in [0.5, 0.6) is 0 Å². The first-order chi connectivity index (χ1) is 26.8. The Morgan fingerprint density at radius 1 is 0.444 bits per heavy atom. The van der Waals surface area contributed by atoms with E-state index < -0.39 is 0 Å². The second-order valence-electron chi connectivity index (χ2n) is 13.9. The number of aromatic nitrogens is 3. The number of fused-ring (bicyclic) bond motifs is 7. The van der Waals surface area contributed by atoms with Crippen molar-refractivity contribution in [2.75, 3.05) is 0 Å². The highest BCUT2D eigenvalue weighted by Crippen LogP contribution is 2.47. The molecule has 6 aromatic carbocycles. The first kappa shape index (κ1) is 30.5. The second kappa shape index (κ2) is 12.2. The van der Waals surface area contributed by atoms with Gasteiger partial charge in [-0.2, -0.15) is 0 Å². The van der Waals surface area contributed by atoms with Crippen molar-refractivity contribution in [3.8, 4) is 33.9 Å². The third-order valence-corrected chi connectivity index (χ3v) is 10.8. The Morgan fingerprint density at radius 2 is 1.17 bits per heavy atom. The Hall–Kier alpha value is -7.11. The SMILES string of the molecule is C1=CC2=C(c3nc(-c4ccccc4)nc(-c4cccc5c4oc4ccccc45)n3)C=CC(c3cccc4oc5ccc(-c6ccccc6)cc5c34)C2C=C1. The largest absolute Gasteiger partial charge is 0.456 e. The van der Waals surface area contributed by atoms with Crippen LogP contribution in [0, 0.1) is 5.92 Å². The van der Waals surface area contributed by atoms with Gasteiger partial charge < -0.3 is 8.83 Å². The molecule has 5 heteroatoms. The van der Waals surface area contributed by atoms with Crippen molar-refractivity contribution in [1.82, 2.24) is 15.0 Å². The van der Waals surface area contributed by atoms with E-state index in [-0.39, 0.29) is 11.8 Å². The minimum Gasteiger partial charge on any atom is -0.456 e. The fourth-order valence-corrected chi connectivity index (χ4v) is 8.26. The molecule has 0 aliphatic heterocycles. The molecular weight excluding hydrogens is 663 g/mol. The van der Waals surface area contributed by atoms with Gasteiger partial charge in [0.15, 0.2) is 17.5 Å². The fraction of sp³-hybridized carbons (Fsp3) is 0.0408. The highest BCUT2D eigenvalue weighted by Gasteiger charge is 2.31. The normalized spacial score (nSPS) is 16.6. The van der Waals surface area contributed by atoms with Crippen molar-refractivity contribution in [3.05, 3.63) is 193 Å². The quantitative estimate of drug-likeness (QED) is 0.179. The van der Waals surface area contributed by atoms with E-state index in [0.29, 0.717) is 17.5 Å². The van der Waals surface area contributed by atoms with Gasteiger partial charge in [-0.25, -0.2) is 15.0 Å². The smallest absolute Gasteiger partial charge is 0.167 e. The molecule has 0 saturated carbocycles. The Kier molecular flexibility index (Phi) is 6.92. The molecule has 2 aliphatic carbocycles. The molecule has 11 rings (SSSR count). The first-order valence-electron chi connectivity index (χ1n) is 18.3. The maximum absolute atomic E-state index is 6.46. The molecule has 0 spiro atoms. The molecule has 0 bridgehead atoms. The van der Waals surface area contributed by atoms with E-state index in [9.17, 15) is 0 Å². The first-order valence-corrected chi connectivity index (χ1v) is 18.3. The Balaban J connectivity index is 1.07. The minimum atomic E-state index is 0.0575. The molecule has 2 aliphatic rings. The van der Waals surface area contributed by atoms with Gasteiger partial charge in [-0.3, -0.25) is 0 Å². The number of para-hydroxylation sites is 2. The molecule has 2 atom stereocenters. The van der Waals surface area contributed by atoms with E-state index in [1.165, 1.54) is 16.7 Å². The monoisotopic (exact) mass is 693 g/mol. The molecule has 0 amide bonds. The lowest BCUT2D eigenvalue weighted by molar-refractivity contribution is 0.662. The minimum absolute atomic E-state index is 0.0575. The van der Waals surface area contributed by atoms with Gasteiger partial charge >= 0.3 is 0 Å². The molecule has 9 aromatic rings. The molecule has 3 aromatic heterocycles. The second-order valence-corrected chi connectivity index (χ2v) is 13.9. The number of hydrogen-bond donors (Lipinski definition) is 0. The van der Waals surface area contributed by atoms with Crippen molar-refractivity contribution < 1.29 is 8.83 Å². The lowest BCUT2D eigenvalue weighted by Crippen LogP contribution is -2.18. The molecule has 0 radical (unpaired) electrons. The topological polar surface area (TPSA) is 65.0 Å². The summed E-state index contributed by atoms with van der Waals surface area (Å²) in [6.45, 7) is 0. The summed E-state index contributed by atoms with van der Waals surface area (Å²) < 4.78 is 12.9. The molecular formula is C49H31N3O2. The summed E-state index contributed by atoms with van der Waals surface area (Å²) >= 11 is 0. The maximum Gasteiger partial charge on any atom is 0.167 e. The summed E-state index contributed by atoms with van der Waals surface area (Å²) in [4.78, 5) is 15.4. The zero-order chi connectivity index (χ0) is 35.6. The molecule has 0 N–H and O–H groups in total. The highest BCUT2D eigenvalue weighted by atomic mass is 16.3. The average molecular weight is 694 g/mol. The summed E-state index contributed by atoms with van der Waals surface area (Å²) in [7, 11) is 0. The van der Waals surface area contributed by atoms with Crippen molar-refractivity contribution in [1.29, 1.82) is 0 Å². The number of hydrogen-bond acceptors (Lipinski definition) is 5. The maximum atomic E-state index is 6.46. The van der Waals surface area contributed by atoms with Crippen LogP contribution in [0.15, 0.2) is 190 Å². The average Bonchev–Trinajstić information content (AvgIpc) is 3.82. The molecule has 54 heavy (non-hydrogen) atoms. The van der Waals surface area contributed by atoms with Gasteiger partial charge in [0.05, 0.1) is 5.56 Å².